The molecular weight excluding hydrogens is 364 g/mol. The standard InChI is InChI=1S/C20H26N2O2S2/c1-7-15-14(5)26-18(17(15)19(23)24-6)22-20(25)21-13(4)16-9-8-11(2)10-12(16)3/h8-10,13H,7H2,1-6H3,(H2,21,22,25). The Kier molecular flexibility index (Phi) is 6.78. The van der Waals surface area contributed by atoms with Gasteiger partial charge in [-0.15, -0.1) is 11.3 Å². The van der Waals surface area contributed by atoms with Gasteiger partial charge in [-0.2, -0.15) is 0 Å². The molecule has 0 saturated carbocycles. The van der Waals surface area contributed by atoms with Crippen LogP contribution in [0.25, 0.3) is 0 Å². The summed E-state index contributed by atoms with van der Waals surface area (Å²) in [5.41, 5.74) is 5.26. The fourth-order valence-electron chi connectivity index (χ4n) is 3.14. The summed E-state index contributed by atoms with van der Waals surface area (Å²) in [6.45, 7) is 10.3. The van der Waals surface area contributed by atoms with E-state index in [-0.39, 0.29) is 12.0 Å². The number of carbonyl (C=O) groups excluding carboxylic acids is 1. The van der Waals surface area contributed by atoms with E-state index in [0.717, 1.165) is 21.9 Å². The van der Waals surface area contributed by atoms with E-state index >= 15 is 0 Å². The van der Waals surface area contributed by atoms with Crippen LogP contribution in [-0.2, 0) is 11.2 Å². The summed E-state index contributed by atoms with van der Waals surface area (Å²) in [4.78, 5) is 13.3. The number of anilines is 1. The lowest BCUT2D eigenvalue weighted by atomic mass is 10.0. The van der Waals surface area contributed by atoms with Crippen molar-refractivity contribution in [2.24, 2.45) is 0 Å². The summed E-state index contributed by atoms with van der Waals surface area (Å²) in [5, 5.41) is 7.73. The lowest BCUT2D eigenvalue weighted by Crippen LogP contribution is -2.31. The van der Waals surface area contributed by atoms with Gasteiger partial charge in [-0.3, -0.25) is 0 Å². The van der Waals surface area contributed by atoms with Crippen molar-refractivity contribution >= 4 is 39.6 Å². The molecule has 0 radical (unpaired) electrons. The van der Waals surface area contributed by atoms with Crippen LogP contribution in [0.5, 0.6) is 0 Å². The van der Waals surface area contributed by atoms with Gasteiger partial charge in [0.15, 0.2) is 5.11 Å². The van der Waals surface area contributed by atoms with Crippen molar-refractivity contribution in [3.63, 3.8) is 0 Å². The third kappa shape index (κ3) is 4.43. The highest BCUT2D eigenvalue weighted by Gasteiger charge is 2.22. The zero-order valence-electron chi connectivity index (χ0n) is 16.1. The number of carbonyl (C=O) groups is 1. The van der Waals surface area contributed by atoms with Gasteiger partial charge in [0, 0.05) is 4.88 Å². The molecule has 1 aromatic heterocycles. The molecule has 4 nitrogen and oxygen atoms in total. The average molecular weight is 391 g/mol. The van der Waals surface area contributed by atoms with Crippen LogP contribution in [-0.4, -0.2) is 18.2 Å². The second-order valence-electron chi connectivity index (χ2n) is 6.37. The Bertz CT molecular complexity index is 827. The first-order chi connectivity index (χ1) is 12.3. The largest absolute Gasteiger partial charge is 0.465 e. The Morgan fingerprint density at radius 1 is 1.31 bits per heavy atom. The highest BCUT2D eigenvalue weighted by atomic mass is 32.1. The maximum atomic E-state index is 12.2. The minimum Gasteiger partial charge on any atom is -0.465 e. The second-order valence-corrected chi connectivity index (χ2v) is 8.00. The Morgan fingerprint density at radius 3 is 2.58 bits per heavy atom. The SMILES string of the molecule is CCc1c(C)sc(NC(=S)NC(C)c2ccc(C)cc2C)c1C(=O)OC. The fraction of sp³-hybridized carbons (Fsp3) is 0.400. The van der Waals surface area contributed by atoms with Crippen LogP contribution in [0, 0.1) is 20.8 Å². The molecule has 0 bridgehead atoms. The van der Waals surface area contributed by atoms with Gasteiger partial charge in [-0.05, 0) is 63.0 Å². The molecule has 1 unspecified atom stereocenters. The summed E-state index contributed by atoms with van der Waals surface area (Å²) in [5.74, 6) is -0.334. The van der Waals surface area contributed by atoms with Crippen molar-refractivity contribution < 1.29 is 9.53 Å². The van der Waals surface area contributed by atoms with E-state index in [1.807, 2.05) is 13.8 Å². The molecule has 1 atom stereocenters. The number of benzene rings is 1. The van der Waals surface area contributed by atoms with Gasteiger partial charge in [-0.25, -0.2) is 4.79 Å². The molecule has 6 heteroatoms. The minimum atomic E-state index is -0.334. The smallest absolute Gasteiger partial charge is 0.341 e. The third-order valence-electron chi connectivity index (χ3n) is 4.42. The predicted octanol–water partition coefficient (Wildman–Crippen LogP) is 5.07. The number of nitrogens with one attached hydrogen (secondary N) is 2. The molecule has 0 fully saturated rings. The number of methoxy groups -OCH3 is 1. The van der Waals surface area contributed by atoms with Crippen LogP contribution in [0.4, 0.5) is 5.00 Å². The Labute approximate surface area is 165 Å². The zero-order valence-corrected chi connectivity index (χ0v) is 17.8. The number of hydrogen-bond donors (Lipinski definition) is 2. The Morgan fingerprint density at radius 2 is 2.00 bits per heavy atom. The highest BCUT2D eigenvalue weighted by Crippen LogP contribution is 2.34. The first-order valence-corrected chi connectivity index (χ1v) is 9.86. The molecule has 140 valence electrons. The molecule has 0 aliphatic heterocycles. The molecule has 0 amide bonds. The third-order valence-corrected chi connectivity index (χ3v) is 5.70. The highest BCUT2D eigenvalue weighted by molar-refractivity contribution is 7.80. The number of hydrogen-bond acceptors (Lipinski definition) is 4. The molecular formula is C20H26N2O2S2. The summed E-state index contributed by atoms with van der Waals surface area (Å²) in [6.07, 6.45) is 0.771. The summed E-state index contributed by atoms with van der Waals surface area (Å²) in [7, 11) is 1.40. The first-order valence-electron chi connectivity index (χ1n) is 8.63. The number of ether oxygens (including phenoxy) is 1. The maximum absolute atomic E-state index is 12.2. The number of thiocarbonyl (C=S) groups is 1. The van der Waals surface area contributed by atoms with Crippen molar-refractivity contribution in [3.05, 3.63) is 50.9 Å². The summed E-state index contributed by atoms with van der Waals surface area (Å²) < 4.78 is 4.96. The fourth-order valence-corrected chi connectivity index (χ4v) is 4.62. The van der Waals surface area contributed by atoms with Crippen LogP contribution >= 0.6 is 23.6 Å². The number of esters is 1. The van der Waals surface area contributed by atoms with Crippen molar-refractivity contribution in [1.82, 2.24) is 5.32 Å². The predicted molar refractivity (Wildman–Crippen MR) is 113 cm³/mol. The van der Waals surface area contributed by atoms with E-state index in [4.69, 9.17) is 17.0 Å². The topological polar surface area (TPSA) is 50.4 Å². The summed E-state index contributed by atoms with van der Waals surface area (Å²) >= 11 is 7.01. The lowest BCUT2D eigenvalue weighted by molar-refractivity contribution is 0.0601. The van der Waals surface area contributed by atoms with Gasteiger partial charge < -0.3 is 15.4 Å². The van der Waals surface area contributed by atoms with Gasteiger partial charge in [0.1, 0.15) is 5.00 Å². The van der Waals surface area contributed by atoms with Crippen molar-refractivity contribution in [2.45, 2.75) is 47.1 Å². The van der Waals surface area contributed by atoms with E-state index in [1.54, 1.807) is 0 Å². The quantitative estimate of drug-likeness (QED) is 0.551. The second kappa shape index (κ2) is 8.64. The van der Waals surface area contributed by atoms with Crippen LogP contribution < -0.4 is 10.6 Å². The van der Waals surface area contributed by atoms with Crippen LogP contribution in [0.1, 0.15) is 57.4 Å². The first kappa shape index (κ1) is 20.4. The van der Waals surface area contributed by atoms with Crippen molar-refractivity contribution in [3.8, 4) is 0 Å². The average Bonchev–Trinajstić information content (AvgIpc) is 2.88. The van der Waals surface area contributed by atoms with Crippen molar-refractivity contribution in [1.29, 1.82) is 0 Å². The Balaban J connectivity index is 2.18. The monoisotopic (exact) mass is 390 g/mol. The van der Waals surface area contributed by atoms with Crippen LogP contribution in [0.2, 0.25) is 0 Å². The van der Waals surface area contributed by atoms with E-state index in [0.29, 0.717) is 10.7 Å². The number of rotatable bonds is 5. The van der Waals surface area contributed by atoms with Gasteiger partial charge in [0.05, 0.1) is 18.7 Å². The minimum absolute atomic E-state index is 0.0591. The van der Waals surface area contributed by atoms with Gasteiger partial charge in [-0.1, -0.05) is 30.7 Å². The van der Waals surface area contributed by atoms with Gasteiger partial charge >= 0.3 is 5.97 Å². The molecule has 2 rings (SSSR count). The Hall–Kier alpha value is -1.92. The molecule has 1 aromatic carbocycles. The molecule has 26 heavy (non-hydrogen) atoms. The lowest BCUT2D eigenvalue weighted by Gasteiger charge is -2.19. The molecule has 0 aliphatic rings. The number of thiophene rings is 1. The molecule has 0 saturated heterocycles. The maximum Gasteiger partial charge on any atom is 0.341 e. The molecule has 0 aliphatic carbocycles. The van der Waals surface area contributed by atoms with Gasteiger partial charge in [0.2, 0.25) is 0 Å². The molecule has 0 spiro atoms. The molecule has 2 aromatic rings. The van der Waals surface area contributed by atoms with E-state index < -0.39 is 0 Å². The van der Waals surface area contributed by atoms with Gasteiger partial charge in [0.25, 0.3) is 0 Å². The number of aryl methyl sites for hydroxylation is 3. The molecule has 1 heterocycles. The van der Waals surface area contributed by atoms with Crippen molar-refractivity contribution in [2.75, 3.05) is 12.4 Å². The van der Waals surface area contributed by atoms with Crippen LogP contribution in [0.15, 0.2) is 18.2 Å². The van der Waals surface area contributed by atoms with E-state index in [2.05, 4.69) is 49.6 Å². The van der Waals surface area contributed by atoms with Crippen LogP contribution in [0.3, 0.4) is 0 Å². The van der Waals surface area contributed by atoms with E-state index in [1.165, 1.54) is 35.1 Å². The zero-order chi connectivity index (χ0) is 19.4. The molecule has 2 N–H and O–H groups in total. The van der Waals surface area contributed by atoms with E-state index in [9.17, 15) is 4.79 Å². The normalized spacial score (nSPS) is 11.8. The summed E-state index contributed by atoms with van der Waals surface area (Å²) in [6, 6.07) is 6.44.